The van der Waals surface area contributed by atoms with Gasteiger partial charge in [-0.05, 0) is 54.2 Å². The molecule has 1 fully saturated rings. The van der Waals surface area contributed by atoms with Gasteiger partial charge in [0.25, 0.3) is 11.1 Å². The number of nitrogens with zero attached hydrogens (tertiary/aromatic N) is 2. The summed E-state index contributed by atoms with van der Waals surface area (Å²) in [7, 11) is 0. The van der Waals surface area contributed by atoms with Crippen molar-refractivity contribution >= 4 is 44.9 Å². The molecule has 116 valence electrons. The molecule has 0 N–H and O–H groups in total. The van der Waals surface area contributed by atoms with Crippen molar-refractivity contribution in [1.29, 1.82) is 0 Å². The first kappa shape index (κ1) is 15.8. The van der Waals surface area contributed by atoms with Gasteiger partial charge in [0.2, 0.25) is 0 Å². The number of rotatable bonds is 4. The molecule has 1 saturated heterocycles. The van der Waals surface area contributed by atoms with Crippen LogP contribution in [0.2, 0.25) is 0 Å². The minimum atomic E-state index is -0.275. The van der Waals surface area contributed by atoms with Crippen molar-refractivity contribution in [2.45, 2.75) is 0 Å². The van der Waals surface area contributed by atoms with Crippen LogP contribution in [0.4, 0.5) is 4.79 Å². The number of carbonyl (C=O) groups is 2. The Kier molecular flexibility index (Phi) is 4.54. The van der Waals surface area contributed by atoms with E-state index in [2.05, 4.69) is 22.5 Å². The smallest absolute Gasteiger partial charge is 0.293 e. The van der Waals surface area contributed by atoms with Crippen molar-refractivity contribution in [2.24, 2.45) is 0 Å². The Balaban J connectivity index is 1.94. The average Bonchev–Trinajstić information content (AvgIpc) is 3.09. The van der Waals surface area contributed by atoms with Gasteiger partial charge in [0.05, 0.1) is 4.91 Å². The maximum Gasteiger partial charge on any atom is 0.293 e. The van der Waals surface area contributed by atoms with Crippen molar-refractivity contribution < 1.29 is 9.59 Å². The molecular weight excluding hydrogens is 376 g/mol. The predicted molar refractivity (Wildman–Crippen MR) is 96.3 cm³/mol. The number of halogens is 1. The summed E-state index contributed by atoms with van der Waals surface area (Å²) < 4.78 is 2.97. The molecule has 4 nitrogen and oxygen atoms in total. The van der Waals surface area contributed by atoms with Gasteiger partial charge in [-0.3, -0.25) is 14.5 Å². The molecular formula is C17H13BrN2O2S. The van der Waals surface area contributed by atoms with Crippen molar-refractivity contribution in [3.8, 4) is 5.69 Å². The highest BCUT2D eigenvalue weighted by atomic mass is 79.9. The van der Waals surface area contributed by atoms with E-state index >= 15 is 0 Å². The minimum Gasteiger partial charge on any atom is -0.317 e. The topological polar surface area (TPSA) is 42.3 Å². The van der Waals surface area contributed by atoms with Crippen LogP contribution in [0.25, 0.3) is 11.8 Å². The molecule has 0 radical (unpaired) electrons. The largest absolute Gasteiger partial charge is 0.317 e. The quantitative estimate of drug-likeness (QED) is 0.573. The highest BCUT2D eigenvalue weighted by molar-refractivity contribution is 9.10. The van der Waals surface area contributed by atoms with Gasteiger partial charge in [0.15, 0.2) is 0 Å². The summed E-state index contributed by atoms with van der Waals surface area (Å²) in [6.07, 6.45) is 5.21. The average molecular weight is 389 g/mol. The molecule has 1 aromatic carbocycles. The van der Waals surface area contributed by atoms with Crippen LogP contribution in [0, 0.1) is 0 Å². The van der Waals surface area contributed by atoms with Gasteiger partial charge in [0, 0.05) is 28.6 Å². The molecule has 0 aliphatic carbocycles. The molecule has 1 aromatic heterocycles. The standard InChI is InChI=1S/C17H13BrN2O2S/c1-2-9-20-16(21)15(23-17(20)22)11-14-4-3-10-19(14)13-7-5-12(18)6-8-13/h2-8,10-11H,1,9H2/b15-11+. The molecule has 2 heterocycles. The number of thioether (sulfide) groups is 1. The van der Waals surface area contributed by atoms with E-state index in [0.29, 0.717) is 4.91 Å². The predicted octanol–water partition coefficient (Wildman–Crippen LogP) is 4.46. The van der Waals surface area contributed by atoms with Crippen LogP contribution < -0.4 is 0 Å². The van der Waals surface area contributed by atoms with Crippen molar-refractivity contribution in [3.63, 3.8) is 0 Å². The van der Waals surface area contributed by atoms with Gasteiger partial charge in [-0.15, -0.1) is 6.58 Å². The van der Waals surface area contributed by atoms with Crippen molar-refractivity contribution in [2.75, 3.05) is 6.54 Å². The van der Waals surface area contributed by atoms with E-state index in [1.54, 1.807) is 12.2 Å². The van der Waals surface area contributed by atoms with E-state index in [1.807, 2.05) is 47.2 Å². The van der Waals surface area contributed by atoms with Crippen molar-refractivity contribution in [3.05, 3.63) is 70.3 Å². The lowest BCUT2D eigenvalue weighted by molar-refractivity contribution is -0.122. The van der Waals surface area contributed by atoms with Gasteiger partial charge in [0.1, 0.15) is 0 Å². The molecule has 2 aromatic rings. The van der Waals surface area contributed by atoms with Gasteiger partial charge in [-0.1, -0.05) is 22.0 Å². The molecule has 1 aliphatic rings. The molecule has 0 unspecified atom stereocenters. The molecule has 0 spiro atoms. The number of carbonyl (C=O) groups excluding carboxylic acids is 2. The van der Waals surface area contributed by atoms with Crippen LogP contribution in [0.5, 0.6) is 0 Å². The number of amides is 2. The lowest BCUT2D eigenvalue weighted by Gasteiger charge is -2.08. The number of benzene rings is 1. The van der Waals surface area contributed by atoms with E-state index in [4.69, 9.17) is 0 Å². The summed E-state index contributed by atoms with van der Waals surface area (Å²) in [6, 6.07) is 11.7. The van der Waals surface area contributed by atoms with E-state index in [9.17, 15) is 9.59 Å². The molecule has 0 saturated carbocycles. The molecule has 23 heavy (non-hydrogen) atoms. The van der Waals surface area contributed by atoms with Crippen LogP contribution in [0.15, 0.2) is 64.6 Å². The number of aromatic nitrogens is 1. The Morgan fingerprint density at radius 2 is 1.91 bits per heavy atom. The fourth-order valence-electron chi connectivity index (χ4n) is 2.27. The highest BCUT2D eigenvalue weighted by Crippen LogP contribution is 2.32. The molecule has 1 aliphatic heterocycles. The lowest BCUT2D eigenvalue weighted by Crippen LogP contribution is -2.27. The second-order valence-electron chi connectivity index (χ2n) is 4.86. The van der Waals surface area contributed by atoms with Crippen LogP contribution in [-0.2, 0) is 4.79 Å². The van der Waals surface area contributed by atoms with Crippen molar-refractivity contribution in [1.82, 2.24) is 9.47 Å². The highest BCUT2D eigenvalue weighted by Gasteiger charge is 2.34. The summed E-state index contributed by atoms with van der Waals surface area (Å²) in [5, 5.41) is -0.261. The van der Waals surface area contributed by atoms with Crippen LogP contribution in [0.1, 0.15) is 5.69 Å². The molecule has 2 amide bonds. The Morgan fingerprint density at radius 1 is 1.17 bits per heavy atom. The summed E-state index contributed by atoms with van der Waals surface area (Å²) in [6.45, 7) is 3.80. The minimum absolute atomic E-state index is 0.232. The summed E-state index contributed by atoms with van der Waals surface area (Å²) in [5.41, 5.74) is 1.83. The van der Waals surface area contributed by atoms with E-state index in [1.165, 1.54) is 4.90 Å². The normalized spacial score (nSPS) is 16.4. The molecule has 0 bridgehead atoms. The summed E-state index contributed by atoms with van der Waals surface area (Å²) >= 11 is 4.37. The fourth-order valence-corrected chi connectivity index (χ4v) is 3.37. The van der Waals surface area contributed by atoms with Crippen LogP contribution in [-0.4, -0.2) is 27.2 Å². The Labute approximate surface area is 146 Å². The first-order valence-electron chi connectivity index (χ1n) is 6.89. The first-order chi connectivity index (χ1) is 11.1. The Morgan fingerprint density at radius 3 is 2.61 bits per heavy atom. The number of hydrogen-bond donors (Lipinski definition) is 0. The second-order valence-corrected chi connectivity index (χ2v) is 6.77. The van der Waals surface area contributed by atoms with E-state index in [-0.39, 0.29) is 17.7 Å². The second kappa shape index (κ2) is 6.60. The zero-order chi connectivity index (χ0) is 16.4. The van der Waals surface area contributed by atoms with Gasteiger partial charge < -0.3 is 4.57 Å². The summed E-state index contributed by atoms with van der Waals surface area (Å²) in [5.74, 6) is -0.275. The number of hydrogen-bond acceptors (Lipinski definition) is 3. The van der Waals surface area contributed by atoms with Gasteiger partial charge >= 0.3 is 0 Å². The fraction of sp³-hybridized carbons (Fsp3) is 0.0588. The third-order valence-corrected chi connectivity index (χ3v) is 4.79. The van der Waals surface area contributed by atoms with E-state index < -0.39 is 0 Å². The SMILES string of the molecule is C=CCN1C(=O)S/C(=C/c2cccn2-c2ccc(Br)cc2)C1=O. The Bertz CT molecular complexity index is 808. The maximum absolute atomic E-state index is 12.3. The zero-order valence-corrected chi connectivity index (χ0v) is 14.5. The maximum atomic E-state index is 12.3. The first-order valence-corrected chi connectivity index (χ1v) is 8.50. The third-order valence-electron chi connectivity index (χ3n) is 3.35. The lowest BCUT2D eigenvalue weighted by atomic mass is 10.3. The number of imide groups is 1. The molecule has 6 heteroatoms. The monoisotopic (exact) mass is 388 g/mol. The zero-order valence-electron chi connectivity index (χ0n) is 12.1. The third kappa shape index (κ3) is 3.18. The molecule has 0 atom stereocenters. The van der Waals surface area contributed by atoms with Gasteiger partial charge in [-0.2, -0.15) is 0 Å². The van der Waals surface area contributed by atoms with Crippen LogP contribution in [0.3, 0.4) is 0 Å². The molecule has 3 rings (SSSR count). The Hall–Kier alpha value is -2.05. The van der Waals surface area contributed by atoms with Gasteiger partial charge in [-0.25, -0.2) is 0 Å². The van der Waals surface area contributed by atoms with E-state index in [0.717, 1.165) is 27.6 Å². The van der Waals surface area contributed by atoms with Crippen LogP contribution >= 0.6 is 27.7 Å². The summed E-state index contributed by atoms with van der Waals surface area (Å²) in [4.78, 5) is 25.8.